The maximum absolute atomic E-state index is 12.9. The summed E-state index contributed by atoms with van der Waals surface area (Å²) in [6.45, 7) is 2.65. The van der Waals surface area contributed by atoms with E-state index in [-0.39, 0.29) is 5.56 Å². The molecule has 0 saturated carbocycles. The molecule has 0 aliphatic rings. The first kappa shape index (κ1) is 16.9. The third kappa shape index (κ3) is 2.66. The Balaban J connectivity index is 1.60. The number of aryl methyl sites for hydroxylation is 1. The molecule has 0 aliphatic heterocycles. The zero-order valence-electron chi connectivity index (χ0n) is 15.2. The number of fused-ring (bicyclic) bond motifs is 4. The van der Waals surface area contributed by atoms with Crippen LogP contribution >= 0.6 is 11.8 Å². The van der Waals surface area contributed by atoms with E-state index < -0.39 is 0 Å². The molecule has 0 unspecified atom stereocenters. The number of aromatic nitrogens is 7. The van der Waals surface area contributed by atoms with Crippen LogP contribution in [-0.2, 0) is 12.3 Å². The molecule has 0 atom stereocenters. The lowest BCUT2D eigenvalue weighted by Crippen LogP contribution is -2.23. The van der Waals surface area contributed by atoms with Crippen molar-refractivity contribution < 1.29 is 0 Å². The van der Waals surface area contributed by atoms with Gasteiger partial charge in [0.05, 0.1) is 16.6 Å². The van der Waals surface area contributed by atoms with E-state index in [9.17, 15) is 4.79 Å². The van der Waals surface area contributed by atoms with Crippen molar-refractivity contribution in [3.63, 3.8) is 0 Å². The number of hydrogen-bond donors (Lipinski definition) is 0. The maximum atomic E-state index is 12.9. The monoisotopic (exact) mass is 391 g/mol. The van der Waals surface area contributed by atoms with E-state index in [0.717, 1.165) is 22.8 Å². The van der Waals surface area contributed by atoms with E-state index in [1.165, 1.54) is 0 Å². The topological polar surface area (TPSA) is 82.4 Å². The van der Waals surface area contributed by atoms with Gasteiger partial charge in [-0.3, -0.25) is 18.2 Å². The fraction of sp³-hybridized carbons (Fsp3) is 0.211. The van der Waals surface area contributed by atoms with Crippen LogP contribution in [0.1, 0.15) is 19.0 Å². The number of nitrogens with zero attached hydrogens (tertiary/aromatic N) is 7. The van der Waals surface area contributed by atoms with E-state index >= 15 is 0 Å². The molecule has 1 aromatic carbocycles. The molecule has 0 fully saturated rings. The molecule has 9 heteroatoms. The van der Waals surface area contributed by atoms with Gasteiger partial charge in [0.15, 0.2) is 5.16 Å². The number of benzene rings is 1. The molecule has 0 aliphatic carbocycles. The van der Waals surface area contributed by atoms with Crippen LogP contribution in [0.5, 0.6) is 0 Å². The third-order valence-electron chi connectivity index (χ3n) is 4.56. The van der Waals surface area contributed by atoms with Crippen molar-refractivity contribution in [2.75, 3.05) is 0 Å². The fourth-order valence-corrected chi connectivity index (χ4v) is 4.16. The molecule has 140 valence electrons. The van der Waals surface area contributed by atoms with Crippen molar-refractivity contribution in [1.29, 1.82) is 0 Å². The average Bonchev–Trinajstić information content (AvgIpc) is 3.33. The summed E-state index contributed by atoms with van der Waals surface area (Å²) in [6.07, 6.45) is 6.46. The first-order chi connectivity index (χ1) is 13.8. The zero-order valence-corrected chi connectivity index (χ0v) is 16.0. The summed E-state index contributed by atoms with van der Waals surface area (Å²) in [7, 11) is 0. The van der Waals surface area contributed by atoms with Crippen LogP contribution in [0.3, 0.4) is 0 Å². The van der Waals surface area contributed by atoms with Gasteiger partial charge < -0.3 is 0 Å². The van der Waals surface area contributed by atoms with Gasteiger partial charge in [0, 0.05) is 30.9 Å². The zero-order chi connectivity index (χ0) is 19.1. The Bertz CT molecular complexity index is 1330. The molecule has 5 aromatic rings. The van der Waals surface area contributed by atoms with E-state index in [1.807, 2.05) is 58.5 Å². The Labute approximate surface area is 163 Å². The highest BCUT2D eigenvalue weighted by molar-refractivity contribution is 7.98. The predicted molar refractivity (Wildman–Crippen MR) is 108 cm³/mol. The van der Waals surface area contributed by atoms with Gasteiger partial charge in [-0.15, -0.1) is 10.2 Å². The first-order valence-corrected chi connectivity index (χ1v) is 10.0. The number of rotatable bonds is 5. The summed E-state index contributed by atoms with van der Waals surface area (Å²) < 4.78 is 5.56. The normalized spacial score (nSPS) is 11.8. The highest BCUT2D eigenvalue weighted by Gasteiger charge is 2.16. The van der Waals surface area contributed by atoms with Crippen LogP contribution in [-0.4, -0.2) is 33.5 Å². The summed E-state index contributed by atoms with van der Waals surface area (Å²) in [6, 6.07) is 9.46. The largest absolute Gasteiger partial charge is 0.291 e. The molecule has 0 saturated heterocycles. The second-order valence-corrected chi connectivity index (χ2v) is 7.38. The minimum Gasteiger partial charge on any atom is -0.291 e. The molecule has 28 heavy (non-hydrogen) atoms. The first-order valence-electron chi connectivity index (χ1n) is 9.04. The van der Waals surface area contributed by atoms with E-state index in [0.29, 0.717) is 29.2 Å². The SMILES string of the molecule is CCCn1c(=O)c2ccccc2n2c(SCc3cn4cccnc4n3)nnc12. The Hall–Kier alpha value is -3.20. The quantitative estimate of drug-likeness (QED) is 0.429. The van der Waals surface area contributed by atoms with Gasteiger partial charge in [0.25, 0.3) is 5.56 Å². The predicted octanol–water partition coefficient (Wildman–Crippen LogP) is 2.79. The number of para-hydroxylation sites is 1. The Morgan fingerprint density at radius 1 is 1.14 bits per heavy atom. The van der Waals surface area contributed by atoms with Crippen LogP contribution in [0.25, 0.3) is 22.5 Å². The fourth-order valence-electron chi connectivity index (χ4n) is 3.34. The minimum absolute atomic E-state index is 0.0275. The molecule has 0 amide bonds. The van der Waals surface area contributed by atoms with Crippen LogP contribution < -0.4 is 5.56 Å². The smallest absolute Gasteiger partial charge is 0.262 e. The minimum atomic E-state index is -0.0275. The molecule has 4 aromatic heterocycles. The average molecular weight is 391 g/mol. The molecule has 8 nitrogen and oxygen atoms in total. The summed E-state index contributed by atoms with van der Waals surface area (Å²) in [5.41, 5.74) is 1.70. The number of imidazole rings is 1. The van der Waals surface area contributed by atoms with Crippen LogP contribution in [0, 0.1) is 0 Å². The summed E-state index contributed by atoms with van der Waals surface area (Å²) in [5, 5.41) is 10.1. The summed E-state index contributed by atoms with van der Waals surface area (Å²) >= 11 is 1.54. The van der Waals surface area contributed by atoms with Gasteiger partial charge >= 0.3 is 0 Å². The number of thioether (sulfide) groups is 1. The van der Waals surface area contributed by atoms with Gasteiger partial charge in [0.2, 0.25) is 11.6 Å². The molecule has 5 rings (SSSR count). The van der Waals surface area contributed by atoms with Crippen molar-refractivity contribution in [2.24, 2.45) is 0 Å². The second kappa shape index (κ2) is 6.75. The summed E-state index contributed by atoms with van der Waals surface area (Å²) in [4.78, 5) is 21.7. The molecule has 0 radical (unpaired) electrons. The van der Waals surface area contributed by atoms with Gasteiger partial charge in [-0.2, -0.15) is 0 Å². The van der Waals surface area contributed by atoms with Crippen molar-refractivity contribution in [1.82, 2.24) is 33.5 Å². The Morgan fingerprint density at radius 3 is 2.89 bits per heavy atom. The van der Waals surface area contributed by atoms with Crippen LogP contribution in [0.2, 0.25) is 0 Å². The lowest BCUT2D eigenvalue weighted by Gasteiger charge is -2.10. The van der Waals surface area contributed by atoms with Crippen molar-refractivity contribution >= 4 is 34.2 Å². The second-order valence-electron chi connectivity index (χ2n) is 6.44. The van der Waals surface area contributed by atoms with Crippen molar-refractivity contribution in [3.05, 3.63) is 65.0 Å². The van der Waals surface area contributed by atoms with Crippen LogP contribution in [0.4, 0.5) is 0 Å². The molecular formula is C19H17N7OS. The van der Waals surface area contributed by atoms with Gasteiger partial charge in [-0.25, -0.2) is 9.97 Å². The van der Waals surface area contributed by atoms with Crippen molar-refractivity contribution in [2.45, 2.75) is 30.8 Å². The number of hydrogen-bond acceptors (Lipinski definition) is 6. The third-order valence-corrected chi connectivity index (χ3v) is 5.52. The summed E-state index contributed by atoms with van der Waals surface area (Å²) in [5.74, 6) is 1.88. The molecule has 0 N–H and O–H groups in total. The molecule has 0 bridgehead atoms. The standard InChI is InChI=1S/C19H17N7OS/c1-2-9-25-16(27)14-6-3-4-7-15(14)26-18(25)22-23-19(26)28-12-13-11-24-10-5-8-20-17(24)21-13/h3-8,10-11H,2,9,12H2,1H3. The van der Waals surface area contributed by atoms with Gasteiger partial charge in [-0.1, -0.05) is 30.8 Å². The van der Waals surface area contributed by atoms with E-state index in [4.69, 9.17) is 0 Å². The van der Waals surface area contributed by atoms with E-state index in [2.05, 4.69) is 20.2 Å². The van der Waals surface area contributed by atoms with Crippen molar-refractivity contribution in [3.8, 4) is 0 Å². The highest BCUT2D eigenvalue weighted by atomic mass is 32.2. The van der Waals surface area contributed by atoms with E-state index in [1.54, 1.807) is 22.5 Å². The molecule has 4 heterocycles. The van der Waals surface area contributed by atoms with Gasteiger partial charge in [0.1, 0.15) is 0 Å². The Morgan fingerprint density at radius 2 is 2.04 bits per heavy atom. The highest BCUT2D eigenvalue weighted by Crippen LogP contribution is 2.24. The molecular weight excluding hydrogens is 374 g/mol. The lowest BCUT2D eigenvalue weighted by molar-refractivity contribution is 0.662. The Kier molecular flexibility index (Phi) is 4.09. The maximum Gasteiger partial charge on any atom is 0.262 e. The van der Waals surface area contributed by atoms with Crippen LogP contribution in [0.15, 0.2) is 58.9 Å². The van der Waals surface area contributed by atoms with Gasteiger partial charge in [-0.05, 0) is 24.6 Å². The molecule has 0 spiro atoms. The lowest BCUT2D eigenvalue weighted by atomic mass is 10.2.